The lowest BCUT2D eigenvalue weighted by Gasteiger charge is -2.35. The van der Waals surface area contributed by atoms with E-state index >= 15 is 8.78 Å². The number of nitrogens with one attached hydrogen (secondary N) is 1. The summed E-state index contributed by atoms with van der Waals surface area (Å²) in [5.74, 6) is -1.82. The van der Waals surface area contributed by atoms with E-state index in [2.05, 4.69) is 43.7 Å². The predicted molar refractivity (Wildman–Crippen MR) is 148 cm³/mol. The molecule has 0 amide bonds. The molecule has 0 bridgehead atoms. The molecule has 1 saturated heterocycles. The molecule has 0 radical (unpaired) electrons. The van der Waals surface area contributed by atoms with E-state index in [1.807, 2.05) is 38.3 Å². The van der Waals surface area contributed by atoms with Crippen LogP contribution in [-0.2, 0) is 0 Å². The number of aryl methyl sites for hydroxylation is 1. The third-order valence-corrected chi connectivity index (χ3v) is 6.81. The maximum Gasteiger partial charge on any atom is 0.261 e. The molecular weight excluding hydrogens is 488 g/mol. The smallest absolute Gasteiger partial charge is 0.261 e. The Kier molecular flexibility index (Phi) is 8.41. The zero-order valence-electron chi connectivity index (χ0n) is 22.6. The van der Waals surface area contributed by atoms with Crippen LogP contribution in [0.5, 0.6) is 11.6 Å². The summed E-state index contributed by atoms with van der Waals surface area (Å²) in [7, 11) is 0. The van der Waals surface area contributed by atoms with Crippen LogP contribution in [0.4, 0.5) is 14.6 Å². The molecule has 8 nitrogen and oxygen atoms in total. The first-order valence-electron chi connectivity index (χ1n) is 12.8. The zero-order chi connectivity index (χ0) is 27.4. The molecule has 3 heterocycles. The second kappa shape index (κ2) is 11.7. The van der Waals surface area contributed by atoms with Crippen LogP contribution in [0.25, 0.3) is 10.9 Å². The van der Waals surface area contributed by atoms with Crippen LogP contribution in [0, 0.1) is 18.6 Å². The Morgan fingerprint density at radius 2 is 1.89 bits per heavy atom. The lowest BCUT2D eigenvalue weighted by molar-refractivity contribution is 0.165. The fraction of sp³-hybridized carbons (Fsp3) is 0.393. The number of aromatic nitrogens is 3. The third-order valence-electron chi connectivity index (χ3n) is 6.81. The third kappa shape index (κ3) is 5.70. The number of hydrogen-bond acceptors (Lipinski definition) is 7. The first-order valence-corrected chi connectivity index (χ1v) is 12.8. The van der Waals surface area contributed by atoms with Gasteiger partial charge in [-0.2, -0.15) is 9.37 Å². The van der Waals surface area contributed by atoms with Crippen molar-refractivity contribution < 1.29 is 13.5 Å². The Morgan fingerprint density at radius 1 is 1.16 bits per heavy atom. The van der Waals surface area contributed by atoms with Crippen molar-refractivity contribution in [1.82, 2.24) is 24.3 Å². The van der Waals surface area contributed by atoms with E-state index in [9.17, 15) is 0 Å². The van der Waals surface area contributed by atoms with Crippen molar-refractivity contribution in [3.8, 4) is 11.6 Å². The van der Waals surface area contributed by atoms with Crippen molar-refractivity contribution in [3.05, 3.63) is 65.5 Å². The fourth-order valence-corrected chi connectivity index (χ4v) is 4.74. The Bertz CT molecular complexity index is 1370. The number of nitrogens with zero attached hydrogens (tertiary/aromatic N) is 6. The van der Waals surface area contributed by atoms with E-state index in [1.54, 1.807) is 18.2 Å². The Morgan fingerprint density at radius 3 is 2.55 bits per heavy atom. The van der Waals surface area contributed by atoms with E-state index < -0.39 is 17.5 Å². The molecule has 1 aliphatic rings. The van der Waals surface area contributed by atoms with Crippen molar-refractivity contribution in [1.29, 1.82) is 0 Å². The Hall–Kier alpha value is -3.79. The van der Waals surface area contributed by atoms with E-state index in [0.717, 1.165) is 56.0 Å². The minimum Gasteiger partial charge on any atom is -0.433 e. The lowest BCUT2D eigenvalue weighted by Crippen LogP contribution is -2.45. The van der Waals surface area contributed by atoms with Crippen LogP contribution in [0.3, 0.4) is 0 Å². The standard InChI is InChI=1S/C28H35F2N7O/c1-7-35-12-14-36(15-13-35)19(4)8-11-24(31-6)34-27-26(30)28(33-17-32-27)38-23-10-9-22-21(25(23)29)16-20(5)37(22)18(2)3/h8-11,16-18H,6-7,12-15H2,1-5H3,(H,32,33,34)/b19-8+,24-11+. The molecule has 0 unspecified atom stereocenters. The van der Waals surface area contributed by atoms with Crippen molar-refractivity contribution in [2.45, 2.75) is 40.7 Å². The summed E-state index contributed by atoms with van der Waals surface area (Å²) in [6.07, 6.45) is 4.77. The lowest BCUT2D eigenvalue weighted by atomic mass is 10.2. The monoisotopic (exact) mass is 523 g/mol. The summed E-state index contributed by atoms with van der Waals surface area (Å²) in [6.45, 7) is 18.7. The van der Waals surface area contributed by atoms with Gasteiger partial charge in [0.05, 0.1) is 5.52 Å². The van der Waals surface area contributed by atoms with Crippen LogP contribution in [0.2, 0.25) is 0 Å². The molecule has 0 atom stereocenters. The van der Waals surface area contributed by atoms with E-state index in [-0.39, 0.29) is 17.6 Å². The average Bonchev–Trinajstić information content (AvgIpc) is 3.26. The Labute approximate surface area is 222 Å². The van der Waals surface area contributed by atoms with Gasteiger partial charge in [0.1, 0.15) is 12.1 Å². The fourth-order valence-electron chi connectivity index (χ4n) is 4.74. The number of fused-ring (bicyclic) bond motifs is 1. The topological polar surface area (TPSA) is 70.8 Å². The SMILES string of the molecule is C=N/C(=C\C=C(/C)N1CCN(CC)CC1)Nc1ncnc(Oc2ccc3c(cc(C)n3C(C)C)c2F)c1F. The van der Waals surface area contributed by atoms with Gasteiger partial charge in [0.25, 0.3) is 5.88 Å². The van der Waals surface area contributed by atoms with Gasteiger partial charge < -0.3 is 24.4 Å². The largest absolute Gasteiger partial charge is 0.433 e. The van der Waals surface area contributed by atoms with Gasteiger partial charge in [0, 0.05) is 49.0 Å². The zero-order valence-corrected chi connectivity index (χ0v) is 22.6. The number of ether oxygens (including phenoxy) is 1. The van der Waals surface area contributed by atoms with Gasteiger partial charge in [-0.05, 0) is 71.3 Å². The summed E-state index contributed by atoms with van der Waals surface area (Å²) in [5.41, 5.74) is 2.74. The molecule has 1 N–H and O–H groups in total. The van der Waals surface area contributed by atoms with Crippen LogP contribution < -0.4 is 10.1 Å². The number of likely N-dealkylation sites (N-methyl/N-ethyl adjacent to an activating group) is 1. The molecule has 1 aliphatic heterocycles. The number of hydrogen-bond donors (Lipinski definition) is 1. The van der Waals surface area contributed by atoms with E-state index in [1.165, 1.54) is 6.07 Å². The molecule has 3 aromatic rings. The van der Waals surface area contributed by atoms with Crippen LogP contribution >= 0.6 is 0 Å². The number of benzene rings is 1. The normalized spacial score (nSPS) is 15.4. The Balaban J connectivity index is 1.52. The highest BCUT2D eigenvalue weighted by atomic mass is 19.1. The summed E-state index contributed by atoms with van der Waals surface area (Å²) in [6, 6.07) is 5.16. The number of rotatable bonds is 9. The number of piperazine rings is 1. The maximum absolute atomic E-state index is 15.3. The van der Waals surface area contributed by atoms with Gasteiger partial charge in [-0.25, -0.2) is 14.4 Å². The first-order chi connectivity index (χ1) is 18.2. The van der Waals surface area contributed by atoms with Gasteiger partial charge in [-0.15, -0.1) is 0 Å². The number of aliphatic imine (C=N–C) groups is 1. The van der Waals surface area contributed by atoms with Gasteiger partial charge in [0.2, 0.25) is 5.82 Å². The molecule has 1 aromatic carbocycles. The number of halogens is 2. The summed E-state index contributed by atoms with van der Waals surface area (Å²) >= 11 is 0. The molecule has 1 fully saturated rings. The molecule has 202 valence electrons. The van der Waals surface area contributed by atoms with Crippen molar-refractivity contribution >= 4 is 23.4 Å². The van der Waals surface area contributed by atoms with Crippen molar-refractivity contribution in [3.63, 3.8) is 0 Å². The molecule has 2 aromatic heterocycles. The number of anilines is 1. The summed E-state index contributed by atoms with van der Waals surface area (Å²) < 4.78 is 38.2. The van der Waals surface area contributed by atoms with Crippen molar-refractivity contribution in [2.75, 3.05) is 38.0 Å². The average molecular weight is 524 g/mol. The molecule has 0 aliphatic carbocycles. The van der Waals surface area contributed by atoms with Gasteiger partial charge in [-0.1, -0.05) is 6.92 Å². The quantitative estimate of drug-likeness (QED) is 0.279. The predicted octanol–water partition coefficient (Wildman–Crippen LogP) is 5.89. The molecule has 0 saturated carbocycles. The maximum atomic E-state index is 15.3. The first kappa shape index (κ1) is 27.3. The molecule has 10 heteroatoms. The van der Waals surface area contributed by atoms with Crippen LogP contribution in [0.15, 0.2) is 53.2 Å². The van der Waals surface area contributed by atoms with E-state index in [0.29, 0.717) is 11.2 Å². The second-order valence-electron chi connectivity index (χ2n) is 9.57. The number of allylic oxidation sites excluding steroid dienone is 3. The second-order valence-corrected chi connectivity index (χ2v) is 9.57. The minimum absolute atomic E-state index is 0.124. The van der Waals surface area contributed by atoms with Crippen molar-refractivity contribution in [2.24, 2.45) is 4.99 Å². The summed E-state index contributed by atoms with van der Waals surface area (Å²) in [5, 5.41) is 3.23. The van der Waals surface area contributed by atoms with Crippen LogP contribution in [-0.4, -0.2) is 63.8 Å². The molecule has 4 rings (SSSR count). The molecular formula is C28H35F2N7O. The van der Waals surface area contributed by atoms with E-state index in [4.69, 9.17) is 4.74 Å². The van der Waals surface area contributed by atoms with Gasteiger partial charge >= 0.3 is 0 Å². The van der Waals surface area contributed by atoms with Gasteiger partial charge in [0.15, 0.2) is 17.4 Å². The van der Waals surface area contributed by atoms with Crippen LogP contribution in [0.1, 0.15) is 39.4 Å². The van der Waals surface area contributed by atoms with Gasteiger partial charge in [-0.3, -0.25) is 0 Å². The highest BCUT2D eigenvalue weighted by molar-refractivity contribution is 5.84. The highest BCUT2D eigenvalue weighted by Crippen LogP contribution is 2.34. The molecule has 38 heavy (non-hydrogen) atoms. The highest BCUT2D eigenvalue weighted by Gasteiger charge is 2.20. The minimum atomic E-state index is -0.867. The summed E-state index contributed by atoms with van der Waals surface area (Å²) in [4.78, 5) is 16.5. The molecule has 0 spiro atoms.